The molecule has 150 valence electrons. The van der Waals surface area contributed by atoms with E-state index in [-0.39, 0.29) is 28.6 Å². The standard InChI is InChI=1S/C18H15ClF3NO5/c19-10-2-1-8(18(20,21)22)5-11(10)23-13(24)6-27-16(25)14-7-3-9-12(4-7)28-17(26)15(9)14/h1-2,5,7,9,12,14-15H,3-4,6H2,(H,23,24)/t7-,9+,12+,14-,15-/m1/s1. The van der Waals surface area contributed by atoms with Gasteiger partial charge in [-0.1, -0.05) is 11.6 Å². The van der Waals surface area contributed by atoms with Crippen LogP contribution in [0.2, 0.25) is 5.02 Å². The zero-order valence-corrected chi connectivity index (χ0v) is 15.0. The fraction of sp³-hybridized carbons (Fsp3) is 0.500. The lowest BCUT2D eigenvalue weighted by atomic mass is 9.80. The van der Waals surface area contributed by atoms with Crippen molar-refractivity contribution in [2.24, 2.45) is 23.7 Å². The second-order valence-corrected chi connectivity index (χ2v) is 7.68. The Labute approximate surface area is 162 Å². The Morgan fingerprint density at radius 1 is 1.29 bits per heavy atom. The summed E-state index contributed by atoms with van der Waals surface area (Å²) in [5, 5.41) is 2.12. The minimum Gasteiger partial charge on any atom is -0.462 e. The lowest BCUT2D eigenvalue weighted by molar-refractivity contribution is -0.157. The number of amides is 1. The Balaban J connectivity index is 1.37. The summed E-state index contributed by atoms with van der Waals surface area (Å²) in [5.41, 5.74) is -1.21. The molecule has 5 atom stereocenters. The number of anilines is 1. The van der Waals surface area contributed by atoms with Crippen molar-refractivity contribution in [3.63, 3.8) is 0 Å². The summed E-state index contributed by atoms with van der Waals surface area (Å²) in [6.45, 7) is -0.690. The summed E-state index contributed by atoms with van der Waals surface area (Å²) in [5.74, 6) is -3.06. The van der Waals surface area contributed by atoms with Crippen LogP contribution in [0, 0.1) is 23.7 Å². The summed E-state index contributed by atoms with van der Waals surface area (Å²) >= 11 is 5.82. The van der Waals surface area contributed by atoms with E-state index in [4.69, 9.17) is 21.1 Å². The number of esters is 2. The molecule has 1 heterocycles. The first-order valence-corrected chi connectivity index (χ1v) is 9.06. The highest BCUT2D eigenvalue weighted by Gasteiger charge is 2.64. The molecule has 0 spiro atoms. The molecule has 1 saturated heterocycles. The quantitative estimate of drug-likeness (QED) is 0.761. The highest BCUT2D eigenvalue weighted by Crippen LogP contribution is 2.57. The Kier molecular flexibility index (Phi) is 4.52. The van der Waals surface area contributed by atoms with E-state index in [1.54, 1.807) is 0 Å². The number of alkyl halides is 3. The van der Waals surface area contributed by atoms with Crippen molar-refractivity contribution in [2.75, 3.05) is 11.9 Å². The maximum Gasteiger partial charge on any atom is 0.416 e. The van der Waals surface area contributed by atoms with E-state index in [1.807, 2.05) is 0 Å². The number of carbonyl (C=O) groups is 3. The van der Waals surface area contributed by atoms with Crippen molar-refractivity contribution in [1.82, 2.24) is 0 Å². The van der Waals surface area contributed by atoms with Crippen LogP contribution < -0.4 is 5.32 Å². The zero-order chi connectivity index (χ0) is 20.2. The number of hydrogen-bond acceptors (Lipinski definition) is 5. The van der Waals surface area contributed by atoms with Crippen LogP contribution in [0.4, 0.5) is 18.9 Å². The van der Waals surface area contributed by atoms with Crippen molar-refractivity contribution in [3.8, 4) is 0 Å². The fourth-order valence-corrected chi connectivity index (χ4v) is 4.71. The maximum atomic E-state index is 12.8. The van der Waals surface area contributed by atoms with E-state index < -0.39 is 48.0 Å². The van der Waals surface area contributed by atoms with Crippen LogP contribution in [0.25, 0.3) is 0 Å². The van der Waals surface area contributed by atoms with Crippen molar-refractivity contribution < 1.29 is 37.0 Å². The van der Waals surface area contributed by atoms with Crippen LogP contribution in [-0.2, 0) is 30.0 Å². The van der Waals surface area contributed by atoms with Crippen LogP contribution in [0.15, 0.2) is 18.2 Å². The molecule has 0 radical (unpaired) electrons. The summed E-state index contributed by atoms with van der Waals surface area (Å²) < 4.78 is 48.6. The molecule has 1 amide bonds. The number of carbonyl (C=O) groups excluding carboxylic acids is 3. The number of ether oxygens (including phenoxy) is 2. The third-order valence-electron chi connectivity index (χ3n) is 5.67. The van der Waals surface area contributed by atoms with Crippen molar-refractivity contribution >= 4 is 35.1 Å². The largest absolute Gasteiger partial charge is 0.462 e. The van der Waals surface area contributed by atoms with Gasteiger partial charge in [0.25, 0.3) is 5.91 Å². The lowest BCUT2D eigenvalue weighted by Crippen LogP contribution is -2.35. The van der Waals surface area contributed by atoms with Crippen LogP contribution in [0.5, 0.6) is 0 Å². The number of rotatable bonds is 4. The normalized spacial score (nSPS) is 30.3. The van der Waals surface area contributed by atoms with Gasteiger partial charge in [0.05, 0.1) is 28.1 Å². The maximum absolute atomic E-state index is 12.8. The van der Waals surface area contributed by atoms with Gasteiger partial charge in [-0.15, -0.1) is 0 Å². The zero-order valence-electron chi connectivity index (χ0n) is 14.3. The van der Waals surface area contributed by atoms with E-state index in [0.29, 0.717) is 18.9 Å². The molecular formula is C18H15ClF3NO5. The van der Waals surface area contributed by atoms with Gasteiger partial charge >= 0.3 is 18.1 Å². The fourth-order valence-electron chi connectivity index (χ4n) is 4.54. The van der Waals surface area contributed by atoms with E-state index in [0.717, 1.165) is 12.1 Å². The second kappa shape index (κ2) is 6.65. The third kappa shape index (κ3) is 3.21. The lowest BCUT2D eigenvalue weighted by Gasteiger charge is -2.22. The van der Waals surface area contributed by atoms with Crippen LogP contribution in [-0.4, -0.2) is 30.6 Å². The number of halogens is 4. The average molecular weight is 418 g/mol. The molecule has 6 nitrogen and oxygen atoms in total. The topological polar surface area (TPSA) is 81.7 Å². The molecule has 1 N–H and O–H groups in total. The van der Waals surface area contributed by atoms with Gasteiger partial charge in [-0.3, -0.25) is 14.4 Å². The average Bonchev–Trinajstić information content (AvgIpc) is 3.22. The van der Waals surface area contributed by atoms with Crippen molar-refractivity contribution in [2.45, 2.75) is 25.1 Å². The summed E-state index contributed by atoms with van der Waals surface area (Å²) in [6.07, 6.45) is -3.39. The molecule has 0 aromatic heterocycles. The van der Waals surface area contributed by atoms with Crippen molar-refractivity contribution in [1.29, 1.82) is 0 Å². The van der Waals surface area contributed by atoms with Crippen molar-refractivity contribution in [3.05, 3.63) is 28.8 Å². The highest BCUT2D eigenvalue weighted by molar-refractivity contribution is 6.33. The first-order valence-electron chi connectivity index (χ1n) is 8.69. The van der Waals surface area contributed by atoms with Gasteiger partial charge < -0.3 is 14.8 Å². The number of benzene rings is 1. The Bertz CT molecular complexity index is 856. The number of nitrogens with one attached hydrogen (secondary N) is 1. The van der Waals surface area contributed by atoms with Gasteiger partial charge in [-0.2, -0.15) is 13.2 Å². The molecule has 3 aliphatic rings. The Morgan fingerprint density at radius 2 is 2.04 bits per heavy atom. The van der Waals surface area contributed by atoms with E-state index in [1.165, 1.54) is 0 Å². The molecular weight excluding hydrogens is 403 g/mol. The van der Waals surface area contributed by atoms with E-state index >= 15 is 0 Å². The monoisotopic (exact) mass is 417 g/mol. The van der Waals surface area contributed by atoms with E-state index in [9.17, 15) is 27.6 Å². The Morgan fingerprint density at radius 3 is 2.75 bits per heavy atom. The summed E-state index contributed by atoms with van der Waals surface area (Å²) in [7, 11) is 0. The predicted molar refractivity (Wildman–Crippen MR) is 89.1 cm³/mol. The van der Waals surface area contributed by atoms with Crippen LogP contribution in [0.3, 0.4) is 0 Å². The molecule has 0 unspecified atom stereocenters. The predicted octanol–water partition coefficient (Wildman–Crippen LogP) is 3.04. The smallest absolute Gasteiger partial charge is 0.416 e. The SMILES string of the molecule is O=C(COC(=O)[C@@H]1[C@@H]2C[C@@H]3[C@H]1C(=O)O[C@H]3C2)Nc1cc(C(F)(F)F)ccc1Cl. The number of fused-ring (bicyclic) bond motifs is 1. The first kappa shape index (κ1) is 19.0. The Hall–Kier alpha value is -2.29. The minimum absolute atomic E-state index is 0.0140. The molecule has 2 bridgehead atoms. The van der Waals surface area contributed by atoms with Gasteiger partial charge in [0.15, 0.2) is 6.61 Å². The molecule has 3 fully saturated rings. The molecule has 10 heteroatoms. The van der Waals surface area contributed by atoms with Gasteiger partial charge in [0, 0.05) is 5.92 Å². The molecule has 4 rings (SSSR count). The summed E-state index contributed by atoms with van der Waals surface area (Å²) in [4.78, 5) is 36.3. The van der Waals surface area contributed by atoms with Gasteiger partial charge in [-0.25, -0.2) is 0 Å². The van der Waals surface area contributed by atoms with Gasteiger partial charge in [-0.05, 0) is 37.0 Å². The van der Waals surface area contributed by atoms with Crippen LogP contribution in [0.1, 0.15) is 18.4 Å². The van der Waals surface area contributed by atoms with Gasteiger partial charge in [0.2, 0.25) is 0 Å². The first-order chi connectivity index (χ1) is 13.1. The molecule has 2 saturated carbocycles. The number of hydrogen-bond donors (Lipinski definition) is 1. The summed E-state index contributed by atoms with van der Waals surface area (Å²) in [6, 6.07) is 2.51. The minimum atomic E-state index is -4.59. The third-order valence-corrected chi connectivity index (χ3v) is 6.00. The van der Waals surface area contributed by atoms with E-state index in [2.05, 4.69) is 5.32 Å². The van der Waals surface area contributed by atoms with Gasteiger partial charge in [0.1, 0.15) is 6.10 Å². The molecule has 2 aliphatic carbocycles. The van der Waals surface area contributed by atoms with Crippen LogP contribution >= 0.6 is 11.6 Å². The molecule has 1 aromatic carbocycles. The highest BCUT2D eigenvalue weighted by atomic mass is 35.5. The molecule has 28 heavy (non-hydrogen) atoms. The molecule has 1 aliphatic heterocycles. The molecule has 1 aromatic rings. The second-order valence-electron chi connectivity index (χ2n) is 7.27.